The number of benzene rings is 1. The number of ether oxygens (including phenoxy) is 1. The monoisotopic (exact) mass is 267 g/mol. The number of methoxy groups -OCH3 is 1. The van der Waals surface area contributed by atoms with Gasteiger partial charge in [-0.25, -0.2) is 0 Å². The van der Waals surface area contributed by atoms with Crippen molar-refractivity contribution in [2.75, 3.05) is 12.4 Å². The number of halogens is 1. The molecule has 0 atom stereocenters. The predicted octanol–water partition coefficient (Wildman–Crippen LogP) is 4.33. The smallest absolute Gasteiger partial charge is 0.121 e. The van der Waals surface area contributed by atoms with Gasteiger partial charge in [0.2, 0.25) is 0 Å². The molecule has 0 aliphatic rings. The first-order chi connectivity index (χ1) is 8.19. The highest BCUT2D eigenvalue weighted by Gasteiger charge is 2.01. The Kier molecular flexibility index (Phi) is 3.92. The van der Waals surface area contributed by atoms with E-state index in [0.717, 1.165) is 27.9 Å². The maximum atomic E-state index is 5.88. The Morgan fingerprint density at radius 2 is 2.12 bits per heavy atom. The Labute approximate surface area is 110 Å². The van der Waals surface area contributed by atoms with Gasteiger partial charge in [-0.1, -0.05) is 11.6 Å². The van der Waals surface area contributed by atoms with Crippen LogP contribution in [0.15, 0.2) is 30.3 Å². The first-order valence-electron chi connectivity index (χ1n) is 5.32. The Hall–Kier alpha value is -1.19. The summed E-state index contributed by atoms with van der Waals surface area (Å²) in [5.74, 6) is 0.912. The fraction of sp³-hybridized carbons (Fsp3) is 0.231. The lowest BCUT2D eigenvalue weighted by Crippen LogP contribution is -1.98. The average molecular weight is 268 g/mol. The van der Waals surface area contributed by atoms with Gasteiger partial charge in [-0.2, -0.15) is 0 Å². The van der Waals surface area contributed by atoms with Gasteiger partial charge in [0.05, 0.1) is 11.4 Å². The molecule has 0 aliphatic carbocycles. The third kappa shape index (κ3) is 3.14. The molecule has 0 amide bonds. The first kappa shape index (κ1) is 12.3. The quantitative estimate of drug-likeness (QED) is 0.890. The second kappa shape index (κ2) is 5.43. The standard InChI is InChI=1S/C13H14ClNOS/c1-9-7-10(3-5-12(9)16-2)15-8-11-4-6-13(14)17-11/h3-7,15H,8H2,1-2H3. The molecule has 17 heavy (non-hydrogen) atoms. The van der Waals surface area contributed by atoms with Crippen molar-refractivity contribution in [2.45, 2.75) is 13.5 Å². The van der Waals surface area contributed by atoms with Crippen LogP contribution in [-0.2, 0) is 6.54 Å². The number of nitrogens with one attached hydrogen (secondary N) is 1. The van der Waals surface area contributed by atoms with Gasteiger partial charge in [-0.15, -0.1) is 11.3 Å². The third-order valence-electron chi connectivity index (χ3n) is 2.49. The summed E-state index contributed by atoms with van der Waals surface area (Å²) in [5.41, 5.74) is 2.22. The Morgan fingerprint density at radius 1 is 1.29 bits per heavy atom. The number of thiophene rings is 1. The van der Waals surface area contributed by atoms with Gasteiger partial charge >= 0.3 is 0 Å². The summed E-state index contributed by atoms with van der Waals surface area (Å²) < 4.78 is 6.05. The topological polar surface area (TPSA) is 21.3 Å². The van der Waals surface area contributed by atoms with Gasteiger partial charge in [0.15, 0.2) is 0 Å². The highest BCUT2D eigenvalue weighted by Crippen LogP contribution is 2.24. The van der Waals surface area contributed by atoms with Crippen molar-refractivity contribution in [3.8, 4) is 5.75 Å². The number of hydrogen-bond donors (Lipinski definition) is 1. The summed E-state index contributed by atoms with van der Waals surface area (Å²) in [7, 11) is 1.68. The van der Waals surface area contributed by atoms with Crippen molar-refractivity contribution in [3.05, 3.63) is 45.1 Å². The minimum atomic E-state index is 0.795. The molecule has 1 N–H and O–H groups in total. The molecule has 0 radical (unpaired) electrons. The number of aryl methyl sites for hydroxylation is 1. The van der Waals surface area contributed by atoms with Crippen LogP contribution in [0.3, 0.4) is 0 Å². The molecular weight excluding hydrogens is 254 g/mol. The van der Waals surface area contributed by atoms with Crippen molar-refractivity contribution in [1.29, 1.82) is 0 Å². The first-order valence-corrected chi connectivity index (χ1v) is 6.51. The predicted molar refractivity (Wildman–Crippen MR) is 74.4 cm³/mol. The maximum absolute atomic E-state index is 5.88. The zero-order valence-electron chi connectivity index (χ0n) is 9.79. The van der Waals surface area contributed by atoms with Crippen LogP contribution in [0.2, 0.25) is 4.34 Å². The van der Waals surface area contributed by atoms with Crippen LogP contribution in [0.25, 0.3) is 0 Å². The van der Waals surface area contributed by atoms with Crippen molar-refractivity contribution in [1.82, 2.24) is 0 Å². The molecule has 0 saturated carbocycles. The molecule has 2 rings (SSSR count). The highest BCUT2D eigenvalue weighted by atomic mass is 35.5. The SMILES string of the molecule is COc1ccc(NCc2ccc(Cl)s2)cc1C. The molecular formula is C13H14ClNOS. The van der Waals surface area contributed by atoms with E-state index in [-0.39, 0.29) is 0 Å². The minimum absolute atomic E-state index is 0.795. The van der Waals surface area contributed by atoms with Crippen molar-refractivity contribution >= 4 is 28.6 Å². The summed E-state index contributed by atoms with van der Waals surface area (Å²) in [4.78, 5) is 1.23. The van der Waals surface area contributed by atoms with Crippen LogP contribution >= 0.6 is 22.9 Å². The number of anilines is 1. The van der Waals surface area contributed by atoms with E-state index in [4.69, 9.17) is 16.3 Å². The molecule has 2 nitrogen and oxygen atoms in total. The van der Waals surface area contributed by atoms with Crippen molar-refractivity contribution < 1.29 is 4.74 Å². The lowest BCUT2D eigenvalue weighted by atomic mass is 10.2. The van der Waals surface area contributed by atoms with Crippen LogP contribution in [0.4, 0.5) is 5.69 Å². The van der Waals surface area contributed by atoms with Gasteiger partial charge in [0.25, 0.3) is 0 Å². The second-order valence-electron chi connectivity index (χ2n) is 3.74. The third-order valence-corrected chi connectivity index (χ3v) is 3.72. The van der Waals surface area contributed by atoms with Crippen LogP contribution in [-0.4, -0.2) is 7.11 Å². The van der Waals surface area contributed by atoms with E-state index in [2.05, 4.69) is 11.4 Å². The van der Waals surface area contributed by atoms with Gasteiger partial charge in [-0.05, 0) is 42.8 Å². The van der Waals surface area contributed by atoms with Crippen LogP contribution in [0.1, 0.15) is 10.4 Å². The molecule has 2 aromatic rings. The second-order valence-corrected chi connectivity index (χ2v) is 5.54. The molecule has 1 heterocycles. The lowest BCUT2D eigenvalue weighted by molar-refractivity contribution is 0.412. The van der Waals surface area contributed by atoms with E-state index in [0.29, 0.717) is 0 Å². The van der Waals surface area contributed by atoms with Gasteiger partial charge in [0, 0.05) is 17.1 Å². The summed E-state index contributed by atoms with van der Waals surface area (Å²) in [6.07, 6.45) is 0. The normalized spacial score (nSPS) is 10.3. The van der Waals surface area contributed by atoms with Crippen LogP contribution in [0, 0.1) is 6.92 Å². The zero-order valence-corrected chi connectivity index (χ0v) is 11.4. The lowest BCUT2D eigenvalue weighted by Gasteiger charge is -2.09. The summed E-state index contributed by atoms with van der Waals surface area (Å²) in [6.45, 7) is 2.83. The Balaban J connectivity index is 2.02. The molecule has 0 aliphatic heterocycles. The van der Waals surface area contributed by atoms with Crippen LogP contribution in [0.5, 0.6) is 5.75 Å². The zero-order chi connectivity index (χ0) is 12.3. The number of rotatable bonds is 4. The largest absolute Gasteiger partial charge is 0.496 e. The molecule has 90 valence electrons. The van der Waals surface area contributed by atoms with E-state index >= 15 is 0 Å². The summed E-state index contributed by atoms with van der Waals surface area (Å²) in [6, 6.07) is 10.0. The fourth-order valence-corrected chi connectivity index (χ4v) is 2.65. The molecule has 0 saturated heterocycles. The molecule has 1 aromatic heterocycles. The fourth-order valence-electron chi connectivity index (χ4n) is 1.62. The molecule has 4 heteroatoms. The number of hydrogen-bond acceptors (Lipinski definition) is 3. The van der Waals surface area contributed by atoms with E-state index in [1.165, 1.54) is 4.88 Å². The minimum Gasteiger partial charge on any atom is -0.496 e. The average Bonchev–Trinajstić information content (AvgIpc) is 2.73. The van der Waals surface area contributed by atoms with Crippen molar-refractivity contribution in [3.63, 3.8) is 0 Å². The molecule has 0 unspecified atom stereocenters. The van der Waals surface area contributed by atoms with Gasteiger partial charge < -0.3 is 10.1 Å². The summed E-state index contributed by atoms with van der Waals surface area (Å²) in [5, 5.41) is 3.36. The van der Waals surface area contributed by atoms with Crippen molar-refractivity contribution in [2.24, 2.45) is 0 Å². The van der Waals surface area contributed by atoms with E-state index < -0.39 is 0 Å². The highest BCUT2D eigenvalue weighted by molar-refractivity contribution is 7.16. The Bertz CT molecular complexity index is 510. The van der Waals surface area contributed by atoms with E-state index in [1.54, 1.807) is 18.4 Å². The maximum Gasteiger partial charge on any atom is 0.121 e. The Morgan fingerprint density at radius 3 is 2.71 bits per heavy atom. The van der Waals surface area contributed by atoms with E-state index in [1.807, 2.05) is 31.2 Å². The summed E-state index contributed by atoms with van der Waals surface area (Å²) >= 11 is 7.48. The molecule has 0 fully saturated rings. The molecule has 0 spiro atoms. The van der Waals surface area contributed by atoms with Crippen LogP contribution < -0.4 is 10.1 Å². The van der Waals surface area contributed by atoms with Gasteiger partial charge in [-0.3, -0.25) is 0 Å². The van der Waals surface area contributed by atoms with Gasteiger partial charge in [0.1, 0.15) is 5.75 Å². The van der Waals surface area contributed by atoms with E-state index in [9.17, 15) is 0 Å². The molecule has 0 bridgehead atoms. The molecule has 1 aromatic carbocycles.